The van der Waals surface area contributed by atoms with Crippen LogP contribution >= 0.6 is 22.6 Å². The standard InChI is InChI=1S/C15H15IN2O2/c16-12-13(9-3-1-2-4-9)17-14(18-15(12)20)10-5-7-11(19)8-6-10/h5-9,19H,1-4H2,(H,17,18,20). The summed E-state index contributed by atoms with van der Waals surface area (Å²) in [6, 6.07) is 6.73. The van der Waals surface area contributed by atoms with Crippen molar-refractivity contribution in [3.05, 3.63) is 43.9 Å². The summed E-state index contributed by atoms with van der Waals surface area (Å²) in [5, 5.41) is 9.34. The minimum absolute atomic E-state index is 0.0782. The molecular formula is C15H15IN2O2. The lowest BCUT2D eigenvalue weighted by Gasteiger charge is -2.12. The third-order valence-electron chi connectivity index (χ3n) is 3.77. The number of benzene rings is 1. The lowest BCUT2D eigenvalue weighted by atomic mass is 10.0. The average Bonchev–Trinajstić information content (AvgIpc) is 2.96. The molecule has 1 aromatic carbocycles. The first-order chi connectivity index (χ1) is 9.65. The van der Waals surface area contributed by atoms with Gasteiger partial charge in [0.15, 0.2) is 0 Å². The summed E-state index contributed by atoms with van der Waals surface area (Å²) in [7, 11) is 0. The number of hydrogen-bond acceptors (Lipinski definition) is 3. The normalized spacial score (nSPS) is 15.7. The SMILES string of the molecule is O=c1[nH]c(-c2ccc(O)cc2)nc(C2CCCC2)c1I. The van der Waals surface area contributed by atoms with Gasteiger partial charge in [-0.1, -0.05) is 12.8 Å². The van der Waals surface area contributed by atoms with Crippen LogP contribution in [0.2, 0.25) is 0 Å². The average molecular weight is 382 g/mol. The van der Waals surface area contributed by atoms with E-state index in [0.717, 1.165) is 24.1 Å². The van der Waals surface area contributed by atoms with Crippen molar-refractivity contribution in [3.63, 3.8) is 0 Å². The number of phenols is 1. The summed E-state index contributed by atoms with van der Waals surface area (Å²) in [4.78, 5) is 19.6. The van der Waals surface area contributed by atoms with Gasteiger partial charge in [-0.2, -0.15) is 0 Å². The molecule has 2 aromatic rings. The second-order valence-corrected chi connectivity index (χ2v) is 6.22. The van der Waals surface area contributed by atoms with Crippen LogP contribution in [0, 0.1) is 3.57 Å². The highest BCUT2D eigenvalue weighted by Gasteiger charge is 2.23. The molecule has 0 aliphatic heterocycles. The molecule has 1 heterocycles. The van der Waals surface area contributed by atoms with Crippen LogP contribution in [0.25, 0.3) is 11.4 Å². The van der Waals surface area contributed by atoms with Crippen LogP contribution < -0.4 is 5.56 Å². The van der Waals surface area contributed by atoms with Crippen molar-refractivity contribution in [1.29, 1.82) is 0 Å². The number of hydrogen-bond donors (Lipinski definition) is 2. The highest BCUT2D eigenvalue weighted by molar-refractivity contribution is 14.1. The zero-order chi connectivity index (χ0) is 14.1. The third-order valence-corrected chi connectivity index (χ3v) is 4.81. The first-order valence-electron chi connectivity index (χ1n) is 6.74. The Bertz CT molecular complexity index is 673. The Morgan fingerprint density at radius 3 is 2.50 bits per heavy atom. The lowest BCUT2D eigenvalue weighted by molar-refractivity contribution is 0.475. The summed E-state index contributed by atoms with van der Waals surface area (Å²) in [5.41, 5.74) is 1.66. The minimum atomic E-state index is -0.0782. The topological polar surface area (TPSA) is 66.0 Å². The van der Waals surface area contributed by atoms with Crippen molar-refractivity contribution in [1.82, 2.24) is 9.97 Å². The van der Waals surface area contributed by atoms with Gasteiger partial charge in [0.2, 0.25) is 0 Å². The molecule has 3 rings (SSSR count). The van der Waals surface area contributed by atoms with Gasteiger partial charge in [-0.15, -0.1) is 0 Å². The fourth-order valence-electron chi connectivity index (χ4n) is 2.70. The molecule has 20 heavy (non-hydrogen) atoms. The molecule has 4 nitrogen and oxygen atoms in total. The van der Waals surface area contributed by atoms with Gasteiger partial charge in [0.25, 0.3) is 5.56 Å². The maximum absolute atomic E-state index is 12.1. The van der Waals surface area contributed by atoms with E-state index < -0.39 is 0 Å². The molecule has 0 unspecified atom stereocenters. The highest BCUT2D eigenvalue weighted by Crippen LogP contribution is 2.35. The van der Waals surface area contributed by atoms with Crippen molar-refractivity contribution in [2.75, 3.05) is 0 Å². The number of phenolic OH excluding ortho intramolecular Hbond substituents is 1. The molecule has 1 fully saturated rings. The second-order valence-electron chi connectivity index (χ2n) is 5.14. The molecule has 5 heteroatoms. The van der Waals surface area contributed by atoms with Gasteiger partial charge < -0.3 is 10.1 Å². The molecule has 0 spiro atoms. The van der Waals surface area contributed by atoms with Gasteiger partial charge in [0.1, 0.15) is 11.6 Å². The number of halogens is 1. The van der Waals surface area contributed by atoms with Gasteiger partial charge in [-0.3, -0.25) is 4.79 Å². The number of nitrogens with zero attached hydrogens (tertiary/aromatic N) is 1. The molecule has 2 N–H and O–H groups in total. The predicted octanol–water partition coefficient (Wildman–Crippen LogP) is 3.40. The van der Waals surface area contributed by atoms with E-state index in [1.54, 1.807) is 24.3 Å². The van der Waals surface area contributed by atoms with Crippen LogP contribution in [0.15, 0.2) is 29.1 Å². The number of nitrogens with one attached hydrogen (secondary N) is 1. The van der Waals surface area contributed by atoms with E-state index in [4.69, 9.17) is 0 Å². The van der Waals surface area contributed by atoms with Crippen molar-refractivity contribution in [3.8, 4) is 17.1 Å². The van der Waals surface area contributed by atoms with Gasteiger partial charge in [0.05, 0.1) is 9.26 Å². The fourth-order valence-corrected chi connectivity index (χ4v) is 3.40. The van der Waals surface area contributed by atoms with Gasteiger partial charge >= 0.3 is 0 Å². The number of aromatic hydroxyl groups is 1. The van der Waals surface area contributed by atoms with Crippen molar-refractivity contribution in [2.24, 2.45) is 0 Å². The molecule has 0 amide bonds. The first-order valence-corrected chi connectivity index (χ1v) is 7.82. The Balaban J connectivity index is 2.08. The van der Waals surface area contributed by atoms with E-state index in [1.807, 2.05) is 0 Å². The van der Waals surface area contributed by atoms with Crippen LogP contribution in [-0.2, 0) is 0 Å². The Morgan fingerprint density at radius 1 is 1.20 bits per heavy atom. The minimum Gasteiger partial charge on any atom is -0.508 e. The fraction of sp³-hybridized carbons (Fsp3) is 0.333. The summed E-state index contributed by atoms with van der Waals surface area (Å²) in [5.74, 6) is 1.19. The van der Waals surface area contributed by atoms with Crippen LogP contribution in [0.1, 0.15) is 37.3 Å². The van der Waals surface area contributed by atoms with E-state index >= 15 is 0 Å². The molecule has 0 saturated heterocycles. The van der Waals surface area contributed by atoms with Crippen molar-refractivity contribution in [2.45, 2.75) is 31.6 Å². The lowest BCUT2D eigenvalue weighted by Crippen LogP contribution is -2.17. The molecule has 104 valence electrons. The molecule has 0 atom stereocenters. The molecule has 1 aliphatic rings. The maximum atomic E-state index is 12.1. The van der Waals surface area contributed by atoms with E-state index in [-0.39, 0.29) is 11.3 Å². The van der Waals surface area contributed by atoms with Crippen LogP contribution in [0.5, 0.6) is 5.75 Å². The van der Waals surface area contributed by atoms with Crippen molar-refractivity contribution >= 4 is 22.6 Å². The van der Waals surface area contributed by atoms with Crippen LogP contribution in [-0.4, -0.2) is 15.1 Å². The summed E-state index contributed by atoms with van der Waals surface area (Å²) < 4.78 is 0.706. The van der Waals surface area contributed by atoms with Crippen molar-refractivity contribution < 1.29 is 5.11 Å². The molecule has 1 saturated carbocycles. The monoisotopic (exact) mass is 382 g/mol. The number of H-pyrrole nitrogens is 1. The molecule has 1 aromatic heterocycles. The largest absolute Gasteiger partial charge is 0.508 e. The number of aromatic amines is 1. The smallest absolute Gasteiger partial charge is 0.264 e. The van der Waals surface area contributed by atoms with Gasteiger partial charge in [0, 0.05) is 11.5 Å². The van der Waals surface area contributed by atoms with Gasteiger partial charge in [-0.25, -0.2) is 4.98 Å². The maximum Gasteiger partial charge on any atom is 0.264 e. The predicted molar refractivity (Wildman–Crippen MR) is 85.9 cm³/mol. The summed E-state index contributed by atoms with van der Waals surface area (Å²) in [6.07, 6.45) is 4.65. The number of aromatic nitrogens is 2. The van der Waals surface area contributed by atoms with E-state index in [1.165, 1.54) is 12.8 Å². The Morgan fingerprint density at radius 2 is 1.85 bits per heavy atom. The van der Waals surface area contributed by atoms with Crippen LogP contribution in [0.4, 0.5) is 0 Å². The first kappa shape index (κ1) is 13.6. The van der Waals surface area contributed by atoms with Crippen LogP contribution in [0.3, 0.4) is 0 Å². The Labute approximate surface area is 130 Å². The molecule has 0 bridgehead atoms. The Hall–Kier alpha value is -1.37. The van der Waals surface area contributed by atoms with E-state index in [2.05, 4.69) is 32.6 Å². The zero-order valence-electron chi connectivity index (χ0n) is 10.9. The highest BCUT2D eigenvalue weighted by atomic mass is 127. The summed E-state index contributed by atoms with van der Waals surface area (Å²) >= 11 is 2.09. The zero-order valence-corrected chi connectivity index (χ0v) is 13.1. The Kier molecular flexibility index (Phi) is 3.78. The van der Waals surface area contributed by atoms with E-state index in [9.17, 15) is 9.90 Å². The molecular weight excluding hydrogens is 367 g/mol. The quantitative estimate of drug-likeness (QED) is 0.783. The molecule has 0 radical (unpaired) electrons. The number of rotatable bonds is 2. The molecule has 1 aliphatic carbocycles. The summed E-state index contributed by atoms with van der Waals surface area (Å²) in [6.45, 7) is 0. The third kappa shape index (κ3) is 2.59. The second kappa shape index (κ2) is 5.55. The van der Waals surface area contributed by atoms with E-state index in [0.29, 0.717) is 15.3 Å². The van der Waals surface area contributed by atoms with Gasteiger partial charge in [-0.05, 0) is 59.7 Å².